The van der Waals surface area contributed by atoms with Crippen LogP contribution in [0.4, 0.5) is 0 Å². The molecule has 0 bridgehead atoms. The lowest BCUT2D eigenvalue weighted by Gasteiger charge is -2.19. The van der Waals surface area contributed by atoms with Gasteiger partial charge in [-0.1, -0.05) is 66.9 Å². The van der Waals surface area contributed by atoms with Crippen LogP contribution in [0.25, 0.3) is 10.9 Å². The fraction of sp³-hybridized carbons (Fsp3) is 0.273. The fourth-order valence-electron chi connectivity index (χ4n) is 3.10. The standard InChI is InChI=1S/C22H22Cl2N2O2/c1-3-7-19(15-8-5-4-6-9-15)26-20(27)13-28-22-18(24)12-17(23)16-11-10-14(2)25-21(16)22/h4-6,8-12,19H,3,7,13H2,1-2H3,(H,26,27)/t19-/m1/s1. The van der Waals surface area contributed by atoms with Gasteiger partial charge in [0, 0.05) is 11.1 Å². The Labute approximate surface area is 174 Å². The first-order valence-corrected chi connectivity index (χ1v) is 9.97. The number of amides is 1. The normalized spacial score (nSPS) is 12.0. The molecule has 0 unspecified atom stereocenters. The molecule has 0 saturated heterocycles. The van der Waals surface area contributed by atoms with Crippen LogP contribution >= 0.6 is 23.2 Å². The van der Waals surface area contributed by atoms with Gasteiger partial charge in [-0.15, -0.1) is 0 Å². The molecule has 1 aromatic heterocycles. The Morgan fingerprint density at radius 1 is 1.14 bits per heavy atom. The highest BCUT2D eigenvalue weighted by Crippen LogP contribution is 2.37. The van der Waals surface area contributed by atoms with Crippen molar-refractivity contribution in [1.29, 1.82) is 0 Å². The number of benzene rings is 2. The molecule has 3 rings (SSSR count). The zero-order valence-electron chi connectivity index (χ0n) is 15.8. The van der Waals surface area contributed by atoms with Crippen molar-refractivity contribution < 1.29 is 9.53 Å². The van der Waals surface area contributed by atoms with Crippen molar-refractivity contribution in [3.05, 3.63) is 69.8 Å². The highest BCUT2D eigenvalue weighted by atomic mass is 35.5. The number of pyridine rings is 1. The molecule has 1 N–H and O–H groups in total. The lowest BCUT2D eigenvalue weighted by molar-refractivity contribution is -0.123. The van der Waals surface area contributed by atoms with Crippen LogP contribution in [0.5, 0.6) is 5.75 Å². The van der Waals surface area contributed by atoms with Crippen molar-refractivity contribution in [2.75, 3.05) is 6.61 Å². The SMILES string of the molecule is CCC[C@@H](NC(=O)COc1c(Cl)cc(Cl)c2ccc(C)nc12)c1ccccc1. The topological polar surface area (TPSA) is 51.2 Å². The second-order valence-electron chi connectivity index (χ2n) is 6.63. The van der Waals surface area contributed by atoms with Gasteiger partial charge in [-0.2, -0.15) is 0 Å². The molecule has 4 nitrogen and oxygen atoms in total. The highest BCUT2D eigenvalue weighted by molar-refractivity contribution is 6.39. The molecule has 1 amide bonds. The van der Waals surface area contributed by atoms with Gasteiger partial charge in [0.05, 0.1) is 16.1 Å². The van der Waals surface area contributed by atoms with Gasteiger partial charge in [0.2, 0.25) is 0 Å². The monoisotopic (exact) mass is 416 g/mol. The van der Waals surface area contributed by atoms with Crippen LogP contribution < -0.4 is 10.1 Å². The Hall–Kier alpha value is -2.30. The highest BCUT2D eigenvalue weighted by Gasteiger charge is 2.17. The van der Waals surface area contributed by atoms with Crippen LogP contribution in [0, 0.1) is 6.92 Å². The lowest BCUT2D eigenvalue weighted by atomic mass is 10.0. The van der Waals surface area contributed by atoms with E-state index in [9.17, 15) is 4.79 Å². The molecule has 0 aliphatic rings. The number of halogens is 2. The predicted octanol–water partition coefficient (Wildman–Crippen LogP) is 5.89. The summed E-state index contributed by atoms with van der Waals surface area (Å²) < 4.78 is 5.77. The summed E-state index contributed by atoms with van der Waals surface area (Å²) in [5, 5.41) is 4.60. The number of carbonyl (C=O) groups excluding carboxylic acids is 1. The van der Waals surface area contributed by atoms with Crippen molar-refractivity contribution >= 4 is 40.0 Å². The summed E-state index contributed by atoms with van der Waals surface area (Å²) in [5.74, 6) is 0.154. The molecule has 3 aromatic rings. The average molecular weight is 417 g/mol. The Balaban J connectivity index is 1.76. The number of ether oxygens (including phenoxy) is 1. The first kappa shape index (κ1) is 20.4. The third-order valence-electron chi connectivity index (χ3n) is 4.44. The number of fused-ring (bicyclic) bond motifs is 1. The van der Waals surface area contributed by atoms with Gasteiger partial charge < -0.3 is 10.1 Å². The van der Waals surface area contributed by atoms with Crippen LogP contribution in [-0.2, 0) is 4.79 Å². The van der Waals surface area contributed by atoms with Crippen molar-refractivity contribution in [2.24, 2.45) is 0 Å². The van der Waals surface area contributed by atoms with Crippen molar-refractivity contribution in [1.82, 2.24) is 10.3 Å². The number of hydrogen-bond donors (Lipinski definition) is 1. The number of nitrogens with zero attached hydrogens (tertiary/aromatic N) is 1. The minimum absolute atomic E-state index is 0.0555. The van der Waals surface area contributed by atoms with E-state index in [4.69, 9.17) is 27.9 Å². The number of hydrogen-bond acceptors (Lipinski definition) is 3. The minimum Gasteiger partial charge on any atom is -0.480 e. The number of aromatic nitrogens is 1. The minimum atomic E-state index is -0.214. The molecule has 0 aliphatic heterocycles. The molecule has 1 heterocycles. The van der Waals surface area contributed by atoms with Crippen LogP contribution in [0.2, 0.25) is 10.0 Å². The third kappa shape index (κ3) is 4.75. The molecule has 2 aromatic carbocycles. The third-order valence-corrected chi connectivity index (χ3v) is 5.03. The van der Waals surface area contributed by atoms with E-state index in [0.29, 0.717) is 21.3 Å². The Morgan fingerprint density at radius 2 is 1.89 bits per heavy atom. The molecule has 146 valence electrons. The zero-order chi connectivity index (χ0) is 20.1. The maximum absolute atomic E-state index is 12.5. The lowest BCUT2D eigenvalue weighted by Crippen LogP contribution is -2.32. The quantitative estimate of drug-likeness (QED) is 0.522. The number of nitrogens with one attached hydrogen (secondary N) is 1. The van der Waals surface area contributed by atoms with Gasteiger partial charge >= 0.3 is 0 Å². The molecule has 1 atom stereocenters. The Bertz CT molecular complexity index is 977. The van der Waals surface area contributed by atoms with E-state index in [2.05, 4.69) is 17.2 Å². The van der Waals surface area contributed by atoms with E-state index in [-0.39, 0.29) is 18.6 Å². The summed E-state index contributed by atoms with van der Waals surface area (Å²) >= 11 is 12.6. The van der Waals surface area contributed by atoms with E-state index in [1.54, 1.807) is 6.07 Å². The van der Waals surface area contributed by atoms with E-state index >= 15 is 0 Å². The largest absolute Gasteiger partial charge is 0.480 e. The molecule has 28 heavy (non-hydrogen) atoms. The van der Waals surface area contributed by atoms with Crippen molar-refractivity contribution in [2.45, 2.75) is 32.7 Å². The van der Waals surface area contributed by atoms with Crippen molar-refractivity contribution in [3.63, 3.8) is 0 Å². The van der Waals surface area contributed by atoms with Gasteiger partial charge in [0.25, 0.3) is 5.91 Å². The Morgan fingerprint density at radius 3 is 2.61 bits per heavy atom. The van der Waals surface area contributed by atoms with E-state index < -0.39 is 0 Å². The van der Waals surface area contributed by atoms with E-state index in [1.807, 2.05) is 49.4 Å². The summed E-state index contributed by atoms with van der Waals surface area (Å²) in [6.45, 7) is 3.81. The zero-order valence-corrected chi connectivity index (χ0v) is 17.3. The van der Waals surface area contributed by atoms with Gasteiger partial charge in [0.15, 0.2) is 12.4 Å². The molecule has 0 radical (unpaired) electrons. The van der Waals surface area contributed by atoms with E-state index in [1.165, 1.54) is 0 Å². The summed E-state index contributed by atoms with van der Waals surface area (Å²) in [6, 6.07) is 15.2. The van der Waals surface area contributed by atoms with Gasteiger partial charge in [-0.25, -0.2) is 4.98 Å². The molecule has 0 spiro atoms. The van der Waals surface area contributed by atoms with Gasteiger partial charge in [0.1, 0.15) is 5.52 Å². The fourth-order valence-corrected chi connectivity index (χ4v) is 3.67. The summed E-state index contributed by atoms with van der Waals surface area (Å²) in [6.07, 6.45) is 1.80. The van der Waals surface area contributed by atoms with Gasteiger partial charge in [-0.05, 0) is 37.1 Å². The molecule has 0 saturated carbocycles. The molecular weight excluding hydrogens is 395 g/mol. The smallest absolute Gasteiger partial charge is 0.258 e. The van der Waals surface area contributed by atoms with E-state index in [0.717, 1.165) is 29.5 Å². The first-order valence-electron chi connectivity index (χ1n) is 9.22. The summed E-state index contributed by atoms with van der Waals surface area (Å²) in [7, 11) is 0. The summed E-state index contributed by atoms with van der Waals surface area (Å²) in [5.41, 5.74) is 2.44. The first-order chi connectivity index (χ1) is 13.5. The Kier molecular flexibility index (Phi) is 6.76. The maximum Gasteiger partial charge on any atom is 0.258 e. The number of rotatable bonds is 7. The molecule has 6 heteroatoms. The maximum atomic E-state index is 12.5. The number of carbonyl (C=O) groups is 1. The van der Waals surface area contributed by atoms with Crippen LogP contribution in [-0.4, -0.2) is 17.5 Å². The number of aryl methyl sites for hydroxylation is 1. The molecular formula is C22H22Cl2N2O2. The predicted molar refractivity (Wildman–Crippen MR) is 114 cm³/mol. The van der Waals surface area contributed by atoms with Crippen LogP contribution in [0.3, 0.4) is 0 Å². The molecule has 0 aliphatic carbocycles. The summed E-state index contributed by atoms with van der Waals surface area (Å²) in [4.78, 5) is 17.0. The van der Waals surface area contributed by atoms with Gasteiger partial charge in [-0.3, -0.25) is 4.79 Å². The second-order valence-corrected chi connectivity index (χ2v) is 7.44. The van der Waals surface area contributed by atoms with Crippen LogP contribution in [0.15, 0.2) is 48.5 Å². The van der Waals surface area contributed by atoms with Crippen molar-refractivity contribution in [3.8, 4) is 5.75 Å². The second kappa shape index (κ2) is 9.26. The van der Waals surface area contributed by atoms with Crippen LogP contribution in [0.1, 0.15) is 37.1 Å². The average Bonchev–Trinajstić information content (AvgIpc) is 2.68. The molecule has 0 fully saturated rings.